The number of aromatic nitrogens is 1. The van der Waals surface area contributed by atoms with E-state index in [1.54, 1.807) is 17.7 Å². The molecular weight excluding hydrogens is 262 g/mol. The van der Waals surface area contributed by atoms with Crippen molar-refractivity contribution < 1.29 is 4.74 Å². The average molecular weight is 278 g/mol. The summed E-state index contributed by atoms with van der Waals surface area (Å²) in [6.45, 7) is 2.59. The van der Waals surface area contributed by atoms with Crippen molar-refractivity contribution in [3.8, 4) is 17.0 Å². The third-order valence-electron chi connectivity index (χ3n) is 2.99. The summed E-state index contributed by atoms with van der Waals surface area (Å²) in [5, 5.41) is 0. The third kappa shape index (κ3) is 2.82. The van der Waals surface area contributed by atoms with E-state index in [1.807, 2.05) is 37.3 Å². The molecule has 0 saturated carbocycles. The minimum absolute atomic E-state index is 0.0543. The Morgan fingerprint density at radius 1 is 1.16 bits per heavy atom. The number of ether oxygens (including phenoxy) is 1. The number of benzene rings is 1. The molecule has 2 rings (SSSR count). The molecule has 1 aromatic heterocycles. The van der Waals surface area contributed by atoms with E-state index < -0.39 is 0 Å². The van der Waals surface area contributed by atoms with Gasteiger partial charge in [0, 0.05) is 12.6 Å². The molecule has 0 fully saturated rings. The Balaban J connectivity index is 2.42. The van der Waals surface area contributed by atoms with Crippen molar-refractivity contribution in [2.24, 2.45) is 7.05 Å². The highest BCUT2D eigenvalue weighted by molar-refractivity contribution is 6.17. The molecule has 0 unspecified atom stereocenters. The van der Waals surface area contributed by atoms with E-state index >= 15 is 0 Å². The van der Waals surface area contributed by atoms with Crippen LogP contribution in [0.25, 0.3) is 11.3 Å². The van der Waals surface area contributed by atoms with Crippen LogP contribution in [-0.2, 0) is 12.9 Å². The summed E-state index contributed by atoms with van der Waals surface area (Å²) in [5.41, 5.74) is 2.39. The maximum absolute atomic E-state index is 12.0. The molecule has 3 nitrogen and oxygen atoms in total. The molecule has 1 heterocycles. The van der Waals surface area contributed by atoms with Crippen molar-refractivity contribution >= 4 is 11.6 Å². The molecule has 0 radical (unpaired) electrons. The fourth-order valence-corrected chi connectivity index (χ4v) is 2.17. The lowest BCUT2D eigenvalue weighted by Gasteiger charge is -2.10. The second kappa shape index (κ2) is 5.93. The molecule has 0 aliphatic heterocycles. The molecule has 0 aliphatic carbocycles. The van der Waals surface area contributed by atoms with E-state index in [0.717, 1.165) is 17.0 Å². The normalized spacial score (nSPS) is 10.5. The molecule has 4 heteroatoms. The summed E-state index contributed by atoms with van der Waals surface area (Å²) < 4.78 is 7.02. The number of rotatable bonds is 4. The van der Waals surface area contributed by atoms with Crippen LogP contribution in [0.15, 0.2) is 41.2 Å². The van der Waals surface area contributed by atoms with Crippen molar-refractivity contribution in [1.82, 2.24) is 4.57 Å². The maximum Gasteiger partial charge on any atom is 0.255 e. The Morgan fingerprint density at radius 2 is 1.84 bits per heavy atom. The summed E-state index contributed by atoms with van der Waals surface area (Å²) in [4.78, 5) is 12.0. The standard InChI is InChI=1S/C15H16ClNO2/c1-3-19-13-7-4-11(5-8-13)14-9-6-12(10-16)15(18)17(14)2/h4-9H,3,10H2,1-2H3. The van der Waals surface area contributed by atoms with Crippen molar-refractivity contribution in [3.05, 3.63) is 52.3 Å². The van der Waals surface area contributed by atoms with E-state index in [-0.39, 0.29) is 11.4 Å². The van der Waals surface area contributed by atoms with Crippen molar-refractivity contribution in [3.63, 3.8) is 0 Å². The minimum atomic E-state index is -0.0543. The Labute approximate surface area is 117 Å². The second-order valence-corrected chi connectivity index (χ2v) is 4.47. The van der Waals surface area contributed by atoms with Gasteiger partial charge in [-0.1, -0.05) is 6.07 Å². The van der Waals surface area contributed by atoms with E-state index in [9.17, 15) is 4.79 Å². The molecule has 0 spiro atoms. The van der Waals surface area contributed by atoms with Crippen molar-refractivity contribution in [2.75, 3.05) is 6.61 Å². The number of hydrogen-bond acceptors (Lipinski definition) is 2. The number of halogens is 1. The molecule has 0 amide bonds. The molecular formula is C15H16ClNO2. The zero-order chi connectivity index (χ0) is 13.8. The van der Waals surface area contributed by atoms with Gasteiger partial charge in [0.2, 0.25) is 0 Å². The second-order valence-electron chi connectivity index (χ2n) is 4.20. The van der Waals surface area contributed by atoms with Gasteiger partial charge in [0.05, 0.1) is 18.2 Å². The first-order chi connectivity index (χ1) is 9.17. The van der Waals surface area contributed by atoms with Crippen LogP contribution < -0.4 is 10.3 Å². The largest absolute Gasteiger partial charge is 0.494 e. The lowest BCUT2D eigenvalue weighted by atomic mass is 10.1. The molecule has 100 valence electrons. The highest BCUT2D eigenvalue weighted by atomic mass is 35.5. The van der Waals surface area contributed by atoms with Crippen LogP contribution in [-0.4, -0.2) is 11.2 Å². The summed E-state index contributed by atoms with van der Waals surface area (Å²) in [7, 11) is 1.75. The van der Waals surface area contributed by atoms with Gasteiger partial charge in [-0.3, -0.25) is 4.79 Å². The summed E-state index contributed by atoms with van der Waals surface area (Å²) in [6.07, 6.45) is 0. The smallest absolute Gasteiger partial charge is 0.255 e. The van der Waals surface area contributed by atoms with Gasteiger partial charge in [-0.2, -0.15) is 0 Å². The molecule has 19 heavy (non-hydrogen) atoms. The van der Waals surface area contributed by atoms with Gasteiger partial charge < -0.3 is 9.30 Å². The molecule has 1 aromatic carbocycles. The Kier molecular flexibility index (Phi) is 4.27. The lowest BCUT2D eigenvalue weighted by molar-refractivity contribution is 0.340. The van der Waals surface area contributed by atoms with Gasteiger partial charge in [-0.15, -0.1) is 11.6 Å². The number of pyridine rings is 1. The summed E-state index contributed by atoms with van der Waals surface area (Å²) in [6, 6.07) is 11.4. The number of hydrogen-bond donors (Lipinski definition) is 0. The van der Waals surface area contributed by atoms with E-state index in [0.29, 0.717) is 12.2 Å². The topological polar surface area (TPSA) is 31.2 Å². The molecule has 0 N–H and O–H groups in total. The van der Waals surface area contributed by atoms with Gasteiger partial charge in [0.15, 0.2) is 0 Å². The molecule has 0 bridgehead atoms. The molecule has 2 aromatic rings. The van der Waals surface area contributed by atoms with Crippen LogP contribution in [0.1, 0.15) is 12.5 Å². The van der Waals surface area contributed by atoms with E-state index in [4.69, 9.17) is 16.3 Å². The SMILES string of the molecule is CCOc1ccc(-c2ccc(CCl)c(=O)n2C)cc1. The van der Waals surface area contributed by atoms with Crippen LogP contribution in [0.3, 0.4) is 0 Å². The predicted molar refractivity (Wildman–Crippen MR) is 77.8 cm³/mol. The minimum Gasteiger partial charge on any atom is -0.494 e. The highest BCUT2D eigenvalue weighted by Gasteiger charge is 2.07. The quantitative estimate of drug-likeness (QED) is 0.804. The van der Waals surface area contributed by atoms with Crippen LogP contribution in [0.5, 0.6) is 5.75 Å². The van der Waals surface area contributed by atoms with Gasteiger partial charge in [-0.05, 0) is 42.8 Å². The molecule has 0 saturated heterocycles. The van der Waals surface area contributed by atoms with Gasteiger partial charge in [-0.25, -0.2) is 0 Å². The van der Waals surface area contributed by atoms with Crippen LogP contribution in [0.4, 0.5) is 0 Å². The first-order valence-electron chi connectivity index (χ1n) is 6.15. The lowest BCUT2D eigenvalue weighted by Crippen LogP contribution is -2.21. The van der Waals surface area contributed by atoms with E-state index in [1.165, 1.54) is 0 Å². The Hall–Kier alpha value is -1.74. The zero-order valence-electron chi connectivity index (χ0n) is 11.0. The first-order valence-corrected chi connectivity index (χ1v) is 6.69. The Morgan fingerprint density at radius 3 is 2.42 bits per heavy atom. The fraction of sp³-hybridized carbons (Fsp3) is 0.267. The third-order valence-corrected chi connectivity index (χ3v) is 3.28. The van der Waals surface area contributed by atoms with Crippen LogP contribution in [0.2, 0.25) is 0 Å². The van der Waals surface area contributed by atoms with E-state index in [2.05, 4.69) is 0 Å². The fourth-order valence-electron chi connectivity index (χ4n) is 1.97. The zero-order valence-corrected chi connectivity index (χ0v) is 11.8. The van der Waals surface area contributed by atoms with Crippen molar-refractivity contribution in [1.29, 1.82) is 0 Å². The van der Waals surface area contributed by atoms with Crippen molar-refractivity contribution in [2.45, 2.75) is 12.8 Å². The predicted octanol–water partition coefficient (Wildman–Crippen LogP) is 3.19. The highest BCUT2D eigenvalue weighted by Crippen LogP contribution is 2.21. The Bertz CT molecular complexity index is 617. The molecule has 0 atom stereocenters. The number of nitrogens with zero attached hydrogens (tertiary/aromatic N) is 1. The monoisotopic (exact) mass is 277 g/mol. The van der Waals surface area contributed by atoms with Gasteiger partial charge in [0.1, 0.15) is 5.75 Å². The summed E-state index contributed by atoms with van der Waals surface area (Å²) >= 11 is 5.73. The van der Waals surface area contributed by atoms with Gasteiger partial charge in [0.25, 0.3) is 5.56 Å². The van der Waals surface area contributed by atoms with Crippen LogP contribution >= 0.6 is 11.6 Å². The van der Waals surface area contributed by atoms with Gasteiger partial charge >= 0.3 is 0 Å². The first kappa shape index (κ1) is 13.7. The summed E-state index contributed by atoms with van der Waals surface area (Å²) in [5.74, 6) is 1.06. The average Bonchev–Trinajstić information content (AvgIpc) is 2.43. The van der Waals surface area contributed by atoms with Crippen LogP contribution in [0, 0.1) is 0 Å². The number of alkyl halides is 1. The maximum atomic E-state index is 12.0. The molecule has 0 aliphatic rings.